The highest BCUT2D eigenvalue weighted by Crippen LogP contribution is 2.51. The number of amides is 1. The first-order valence-electron chi connectivity index (χ1n) is 8.04. The van der Waals surface area contributed by atoms with Crippen molar-refractivity contribution >= 4 is 26.8 Å². The molecule has 0 aliphatic carbocycles. The van der Waals surface area contributed by atoms with Crippen LogP contribution in [0.1, 0.15) is 12.0 Å². The summed E-state index contributed by atoms with van der Waals surface area (Å²) in [5.41, 5.74) is 2.28. The number of nitriles is 1. The van der Waals surface area contributed by atoms with Crippen molar-refractivity contribution in [3.05, 3.63) is 50.9 Å². The van der Waals surface area contributed by atoms with Gasteiger partial charge in [0.1, 0.15) is 6.07 Å². The number of nitrogens with one attached hydrogen (secondary N) is 2. The molecule has 2 aliphatic rings. The highest BCUT2D eigenvalue weighted by atomic mass is 32.2. The molecule has 26 heavy (non-hydrogen) atoms. The van der Waals surface area contributed by atoms with Crippen LogP contribution < -0.4 is 15.8 Å². The smallest absolute Gasteiger partial charge is 0.238 e. The van der Waals surface area contributed by atoms with Crippen LogP contribution in [0.3, 0.4) is 0 Å². The van der Waals surface area contributed by atoms with Crippen LogP contribution in [0.15, 0.2) is 50.2 Å². The van der Waals surface area contributed by atoms with Gasteiger partial charge in [0, 0.05) is 6.54 Å². The van der Waals surface area contributed by atoms with E-state index in [1.54, 1.807) is 12.1 Å². The molecule has 7 nitrogen and oxygen atoms in total. The van der Waals surface area contributed by atoms with Gasteiger partial charge in [0.05, 0.1) is 21.9 Å². The quantitative estimate of drug-likeness (QED) is 0.559. The second kappa shape index (κ2) is 7.25. The van der Waals surface area contributed by atoms with Crippen molar-refractivity contribution in [3.63, 3.8) is 0 Å². The normalized spacial score (nSPS) is 21.3. The number of nitrogens with two attached hydrogens (primary N) is 1. The van der Waals surface area contributed by atoms with Gasteiger partial charge >= 0.3 is 0 Å². The highest BCUT2D eigenvalue weighted by Gasteiger charge is 2.31. The van der Waals surface area contributed by atoms with Crippen LogP contribution in [0.5, 0.6) is 0 Å². The molecule has 1 atom stereocenters. The van der Waals surface area contributed by atoms with E-state index in [2.05, 4.69) is 23.0 Å². The lowest BCUT2D eigenvalue weighted by atomic mass is 10.0. The molecule has 0 fully saturated rings. The molecule has 2 aliphatic heterocycles. The molecule has 0 spiro atoms. The molecule has 1 aromatic carbocycles. The number of sulfonamides is 1. The third kappa shape index (κ3) is 3.68. The van der Waals surface area contributed by atoms with E-state index >= 15 is 0 Å². The number of benzene rings is 1. The number of rotatable bonds is 4. The van der Waals surface area contributed by atoms with E-state index in [-0.39, 0.29) is 17.2 Å². The Hall–Kier alpha value is -2.12. The largest absolute Gasteiger partial charge is 0.320 e. The molecular weight excluding hydrogens is 372 g/mol. The fourth-order valence-electron chi connectivity index (χ4n) is 3.15. The molecule has 0 bridgehead atoms. The zero-order valence-corrected chi connectivity index (χ0v) is 16.0. The molecule has 1 amide bonds. The molecule has 3 rings (SSSR count). The van der Waals surface area contributed by atoms with E-state index in [0.29, 0.717) is 17.7 Å². The topological polar surface area (TPSA) is 125 Å². The van der Waals surface area contributed by atoms with Crippen LogP contribution in [0.25, 0.3) is 0 Å². The Balaban J connectivity index is 1.73. The molecule has 0 radical (unpaired) electrons. The van der Waals surface area contributed by atoms with E-state index in [1.807, 2.05) is 0 Å². The molecule has 1 aromatic rings. The predicted octanol–water partition coefficient (Wildman–Crippen LogP) is 0.620. The van der Waals surface area contributed by atoms with Gasteiger partial charge in [-0.25, -0.2) is 13.6 Å². The van der Waals surface area contributed by atoms with Crippen molar-refractivity contribution < 1.29 is 13.2 Å². The van der Waals surface area contributed by atoms with Gasteiger partial charge in [0.25, 0.3) is 0 Å². The average molecular weight is 393 g/mol. The second-order valence-corrected chi connectivity index (χ2v) is 9.83. The molecule has 4 N–H and O–H groups in total. The van der Waals surface area contributed by atoms with Crippen molar-refractivity contribution in [2.24, 2.45) is 5.14 Å². The lowest BCUT2D eigenvalue weighted by molar-refractivity contribution is -0.119. The van der Waals surface area contributed by atoms with Gasteiger partial charge in [-0.1, -0.05) is 12.1 Å². The summed E-state index contributed by atoms with van der Waals surface area (Å²) in [5, 5.41) is 21.5. The van der Waals surface area contributed by atoms with E-state index < -0.39 is 20.9 Å². The van der Waals surface area contributed by atoms with Gasteiger partial charge in [0.2, 0.25) is 15.9 Å². The summed E-state index contributed by atoms with van der Waals surface area (Å²) in [4.78, 5) is 13.7. The molecule has 9 heteroatoms. The fraction of sp³-hybridized carbons (Fsp3) is 0.294. The van der Waals surface area contributed by atoms with Gasteiger partial charge in [-0.2, -0.15) is 16.2 Å². The lowest BCUT2D eigenvalue weighted by Crippen LogP contribution is -2.25. The third-order valence-corrected chi connectivity index (χ3v) is 7.69. The first-order valence-corrected chi connectivity index (χ1v) is 11.4. The summed E-state index contributed by atoms with van der Waals surface area (Å²) >= 11 is 0. The molecule has 0 aromatic heterocycles. The lowest BCUT2D eigenvalue weighted by Gasteiger charge is -2.22. The van der Waals surface area contributed by atoms with E-state index in [1.165, 1.54) is 17.0 Å². The van der Waals surface area contributed by atoms with Crippen LogP contribution in [0.2, 0.25) is 0 Å². The summed E-state index contributed by atoms with van der Waals surface area (Å²) in [6.45, 7) is 1.56. The molecular formula is C17H20N4O3S2. The van der Waals surface area contributed by atoms with E-state index in [9.17, 15) is 18.5 Å². The zero-order chi connectivity index (χ0) is 18.9. The predicted molar refractivity (Wildman–Crippen MR) is 102 cm³/mol. The maximum Gasteiger partial charge on any atom is 0.238 e. The molecule has 138 valence electrons. The maximum absolute atomic E-state index is 12.4. The molecule has 0 saturated heterocycles. The first kappa shape index (κ1) is 18.7. The van der Waals surface area contributed by atoms with Crippen molar-refractivity contribution in [2.45, 2.75) is 17.7 Å². The number of carbonyl (C=O) groups excluding carboxylic acids is 1. The van der Waals surface area contributed by atoms with Crippen LogP contribution >= 0.6 is 10.9 Å². The van der Waals surface area contributed by atoms with Crippen molar-refractivity contribution in [2.75, 3.05) is 19.3 Å². The van der Waals surface area contributed by atoms with Crippen molar-refractivity contribution in [3.8, 4) is 6.07 Å². The van der Waals surface area contributed by atoms with Crippen LogP contribution in [-0.2, 0) is 21.2 Å². The van der Waals surface area contributed by atoms with Crippen molar-refractivity contribution in [1.29, 1.82) is 5.26 Å². The standard InChI is InChI=1S/C17H20N4O3S2/c1-25-15-6-7-20-10-14(15)13(9-18)17(25)21-16(22)8-11-2-4-12(5-3-11)26(19,23)24/h2-5,20,25H,6-8,10H2,1H3,(H,21,22)(H2,19,23,24). The van der Waals surface area contributed by atoms with Gasteiger partial charge in [-0.15, -0.1) is 0 Å². The van der Waals surface area contributed by atoms with Gasteiger partial charge < -0.3 is 10.6 Å². The summed E-state index contributed by atoms with van der Waals surface area (Å²) in [6.07, 6.45) is 3.06. The number of carbonyl (C=O) groups is 1. The van der Waals surface area contributed by atoms with Crippen LogP contribution in [0, 0.1) is 11.3 Å². The van der Waals surface area contributed by atoms with Crippen molar-refractivity contribution in [1.82, 2.24) is 10.6 Å². The number of nitrogens with zero attached hydrogens (tertiary/aromatic N) is 1. The summed E-state index contributed by atoms with van der Waals surface area (Å²) in [5.74, 6) is -0.224. The van der Waals surface area contributed by atoms with Gasteiger partial charge in [-0.05, 0) is 47.4 Å². The van der Waals surface area contributed by atoms with E-state index in [4.69, 9.17) is 5.14 Å². The monoisotopic (exact) mass is 392 g/mol. The number of hydrogen-bond acceptors (Lipinski definition) is 5. The Labute approximate surface area is 155 Å². The highest BCUT2D eigenvalue weighted by molar-refractivity contribution is 8.23. The number of thiol groups is 1. The minimum absolute atomic E-state index is 0.00776. The summed E-state index contributed by atoms with van der Waals surface area (Å²) in [6, 6.07) is 8.13. The Morgan fingerprint density at radius 3 is 2.69 bits per heavy atom. The minimum atomic E-state index is -3.75. The summed E-state index contributed by atoms with van der Waals surface area (Å²) < 4.78 is 22.6. The van der Waals surface area contributed by atoms with Crippen LogP contribution in [0.4, 0.5) is 0 Å². The SMILES string of the molecule is C[SH]1C2=C(CNCC2)C(C#N)=C1NC(=O)Cc1ccc(S(N)(=O)=O)cc1. The second-order valence-electron chi connectivity index (χ2n) is 6.16. The number of hydrogen-bond donors (Lipinski definition) is 4. The average Bonchev–Trinajstić information content (AvgIpc) is 2.86. The first-order chi connectivity index (χ1) is 12.3. The van der Waals surface area contributed by atoms with E-state index in [0.717, 1.165) is 23.6 Å². The Morgan fingerprint density at radius 1 is 1.38 bits per heavy atom. The fourth-order valence-corrected chi connectivity index (χ4v) is 5.79. The molecule has 2 heterocycles. The zero-order valence-electron chi connectivity index (χ0n) is 14.2. The summed E-state index contributed by atoms with van der Waals surface area (Å²) in [7, 11) is -4.44. The number of primary sulfonamides is 1. The maximum atomic E-state index is 12.4. The molecule has 0 saturated carbocycles. The van der Waals surface area contributed by atoms with Gasteiger partial charge in [0.15, 0.2) is 0 Å². The Bertz CT molecular complexity index is 957. The Kier molecular flexibility index (Phi) is 5.20. The third-order valence-electron chi connectivity index (χ3n) is 4.45. The molecule has 1 unspecified atom stereocenters. The Morgan fingerprint density at radius 2 is 2.08 bits per heavy atom. The minimum Gasteiger partial charge on any atom is -0.320 e. The van der Waals surface area contributed by atoms with Crippen LogP contribution in [-0.4, -0.2) is 33.7 Å². The van der Waals surface area contributed by atoms with Gasteiger partial charge in [-0.3, -0.25) is 4.79 Å².